The zero-order valence-corrected chi connectivity index (χ0v) is 76.3. The van der Waals surface area contributed by atoms with Crippen LogP contribution >= 0.6 is 280 Å². The van der Waals surface area contributed by atoms with E-state index in [2.05, 4.69) is 186 Å². The quantitative estimate of drug-likeness (QED) is 0.0615. The molecule has 4 aromatic rings. The molecular weight excluding hydrogens is 1590 g/mol. The fraction of sp³-hybridized carbons (Fsp3) is 0.333. The fourth-order valence-electron chi connectivity index (χ4n) is 6.06. The van der Waals surface area contributed by atoms with Crippen molar-refractivity contribution in [2.45, 2.75) is 49.4 Å². The van der Waals surface area contributed by atoms with Crippen LogP contribution in [-0.4, -0.2) is 53.1 Å². The van der Waals surface area contributed by atoms with E-state index in [1.165, 1.54) is 6.20 Å². The lowest BCUT2D eigenvalue weighted by Crippen LogP contribution is -2.28. The number of nitrogens with one attached hydrogen (secondary N) is 1. The Kier molecular flexibility index (Phi) is 41.1. The molecule has 1 aliphatic rings. The van der Waals surface area contributed by atoms with Gasteiger partial charge in [0.2, 0.25) is 5.89 Å². The third kappa shape index (κ3) is 23.5. The molecule has 2 aromatic heterocycles. The van der Waals surface area contributed by atoms with Gasteiger partial charge in [-0.25, -0.2) is 18.4 Å². The van der Waals surface area contributed by atoms with Crippen molar-refractivity contribution in [1.82, 2.24) is 25.5 Å². The van der Waals surface area contributed by atoms with E-state index in [1.807, 2.05) is 31.2 Å². The summed E-state index contributed by atoms with van der Waals surface area (Å²) in [7, 11) is 57.8. The minimum absolute atomic E-state index is 0.000784. The third-order valence-corrected chi connectivity index (χ3v) is 247. The molecule has 5 rings (SSSR count). The second kappa shape index (κ2) is 39.0. The topological polar surface area (TPSA) is 146 Å². The van der Waals surface area contributed by atoms with Gasteiger partial charge >= 0.3 is 0 Å². The van der Waals surface area contributed by atoms with E-state index >= 15 is 0 Å². The molecule has 1 saturated heterocycles. The molecule has 46 heteroatoms. The predicted octanol–water partition coefficient (Wildman–Crippen LogP) is 24.1. The van der Waals surface area contributed by atoms with Crippen molar-refractivity contribution < 1.29 is 17.6 Å². The van der Waals surface area contributed by atoms with Crippen molar-refractivity contribution in [3.8, 4) is 34.3 Å². The summed E-state index contributed by atoms with van der Waals surface area (Å²) in [6, 6.07) is 14.9. The Morgan fingerprint density at radius 1 is 0.671 bits per heavy atom. The SMILES string of the molecule is CCC(C)S(=O)(=O)c1ccc(-c2cnc(N)c(-c3nnc(-c4ccc(CN[C@H]5CCOC5)cc4)o3)n2)cc1.PPP(P)P(P(P(P)P)P(P)P)P(P(P(P)P)P(P)P)P(P(P(P)P)P(P)P)P(P(P)P)P(P)P. The summed E-state index contributed by atoms with van der Waals surface area (Å²) in [5.41, 5.74) is 9.46. The monoisotopic (exact) mass is 1660 g/mol. The third-order valence-electron chi connectivity index (χ3n) is 9.67. The number of nitrogens with zero attached hydrogens (tertiary/aromatic N) is 4. The molecule has 0 bridgehead atoms. The molecule has 23 unspecified atom stereocenters. The lowest BCUT2D eigenvalue weighted by atomic mass is 10.1. The predicted molar refractivity (Wildman–Crippen MR) is 437 cm³/mol. The number of hydrogen-bond donors (Lipinski definition) is 2. The van der Waals surface area contributed by atoms with Crippen LogP contribution in [0.1, 0.15) is 32.3 Å². The summed E-state index contributed by atoms with van der Waals surface area (Å²) in [4.78, 5) is 9.11. The van der Waals surface area contributed by atoms with E-state index in [9.17, 15) is 8.42 Å². The molecule has 0 spiro atoms. The molecule has 0 saturated carbocycles. The number of rotatable bonds is 25. The number of nitrogens with two attached hydrogens (primary N) is 1. The van der Waals surface area contributed by atoms with E-state index in [4.69, 9.17) is 14.9 Å². The number of sulfone groups is 1. The van der Waals surface area contributed by atoms with Gasteiger partial charge in [-0.2, -0.15) is 0 Å². The van der Waals surface area contributed by atoms with Gasteiger partial charge in [0.05, 0.1) is 28.6 Å². The van der Waals surface area contributed by atoms with Crippen molar-refractivity contribution >= 4 is 296 Å². The Bertz CT molecular complexity index is 2340. The Morgan fingerprint density at radius 3 is 1.56 bits per heavy atom. The van der Waals surface area contributed by atoms with Gasteiger partial charge in [-0.15, -0.1) is 171 Å². The minimum Gasteiger partial charge on any atom is -0.414 e. The van der Waals surface area contributed by atoms with E-state index in [0.29, 0.717) is 29.6 Å². The second-order valence-electron chi connectivity index (χ2n) is 14.7. The summed E-state index contributed by atoms with van der Waals surface area (Å²) in [6.45, 7) is 5.26. The largest absolute Gasteiger partial charge is 0.414 e. The average molecular weight is 1660 g/mol. The number of benzene rings is 2. The molecule has 3 N–H and O–H groups in total. The van der Waals surface area contributed by atoms with Crippen molar-refractivity contribution in [3.05, 3.63) is 60.3 Å². The Balaban J connectivity index is 0.000000318. The molecule has 73 heavy (non-hydrogen) atoms. The molecule has 1 aliphatic heterocycles. The van der Waals surface area contributed by atoms with Gasteiger partial charge in [-0.05, 0) is 161 Å². The molecule has 3 heterocycles. The molecule has 0 aliphatic carbocycles. The standard InChI is InChI=1S/C27H30N6O4S.H37P35/c1-3-17(2)38(34,35)22-10-8-19(9-11-22)23-15-30-25(28)24(31-23)27-33-32-26(37-27)20-6-4-18(5-7-20)14-29-21-12-13-36-16-21;1-19-28(18)33(29(20(2)3)21(4)5)35(32(26(14)15)27(16)17)34(30(22(6)7)23(8)9)31(24(10)11)25(12)13/h4-11,15,17,21,29H,3,12-14,16H2,1-2H3,(H2,28,30);19H,1-18H2/t17?,21-;/m0./s1. The van der Waals surface area contributed by atoms with Crippen LogP contribution in [0.25, 0.3) is 34.3 Å². The van der Waals surface area contributed by atoms with E-state index < -0.39 is 15.1 Å². The van der Waals surface area contributed by atoms with Crippen LogP contribution in [0.15, 0.2) is 64.0 Å². The van der Waals surface area contributed by atoms with Gasteiger partial charge in [0.15, 0.2) is 21.3 Å². The van der Waals surface area contributed by atoms with Gasteiger partial charge in [0, 0.05) is 30.3 Å². The first-order valence-corrected chi connectivity index (χ1v) is 85.2. The van der Waals surface area contributed by atoms with Crippen LogP contribution in [0.3, 0.4) is 0 Å². The van der Waals surface area contributed by atoms with Crippen LogP contribution in [0.2, 0.25) is 0 Å². The summed E-state index contributed by atoms with van der Waals surface area (Å²) >= 11 is 0. The minimum atomic E-state index is -3.38. The Labute approximate surface area is 496 Å². The molecule has 0 amide bonds. The van der Waals surface area contributed by atoms with Crippen molar-refractivity contribution in [1.29, 1.82) is 0 Å². The molecule has 0 radical (unpaired) electrons. The first-order valence-electron chi connectivity index (χ1n) is 20.5. The Morgan fingerprint density at radius 2 is 1.12 bits per heavy atom. The zero-order chi connectivity index (χ0) is 54.6. The normalized spacial score (nSPS) is 16.7. The van der Waals surface area contributed by atoms with E-state index in [1.54, 1.807) is 31.2 Å². The molecular formula is C27H67N6O4P35S. The summed E-state index contributed by atoms with van der Waals surface area (Å²) in [5.74, 6) is 0.641. The first kappa shape index (κ1) is 76.8. The number of ether oxygens (including phenoxy) is 1. The average Bonchev–Trinajstić information content (AvgIpc) is 4.04. The maximum absolute atomic E-state index is 12.6. The molecule has 1 fully saturated rings. The smallest absolute Gasteiger partial charge is 0.270 e. The fourth-order valence-corrected chi connectivity index (χ4v) is 477. The van der Waals surface area contributed by atoms with Crippen molar-refractivity contribution in [2.75, 3.05) is 18.9 Å². The number of hydrogen-bond acceptors (Lipinski definition) is 10. The molecule has 410 valence electrons. The maximum Gasteiger partial charge on any atom is 0.270 e. The summed E-state index contributed by atoms with van der Waals surface area (Å²) in [6.07, 6.45) is 3.10. The molecule has 10 nitrogen and oxygen atoms in total. The molecule has 24 atom stereocenters. The highest BCUT2D eigenvalue weighted by Crippen LogP contribution is 3.40. The van der Waals surface area contributed by atoms with Crippen LogP contribution in [0.5, 0.6) is 0 Å². The van der Waals surface area contributed by atoms with Gasteiger partial charge in [0.1, 0.15) is 0 Å². The number of nitrogen functional groups attached to an aromatic ring is 1. The van der Waals surface area contributed by atoms with Gasteiger partial charge in [-0.1, -0.05) is 39.1 Å². The number of aromatic nitrogens is 4. The highest BCUT2D eigenvalue weighted by Gasteiger charge is 2.53. The van der Waals surface area contributed by atoms with Gasteiger partial charge in [-0.3, -0.25) is 0 Å². The van der Waals surface area contributed by atoms with Crippen molar-refractivity contribution in [3.63, 3.8) is 0 Å². The highest BCUT2D eigenvalue weighted by molar-refractivity contribution is 9.46. The van der Waals surface area contributed by atoms with Crippen LogP contribution in [-0.2, 0) is 21.1 Å². The van der Waals surface area contributed by atoms with E-state index in [-0.39, 0.29) is 134 Å². The Hall–Kier alpha value is 11.4. The first-order chi connectivity index (χ1) is 34.3. The summed E-state index contributed by atoms with van der Waals surface area (Å²) in [5, 5.41) is 11.3. The van der Waals surface area contributed by atoms with Crippen LogP contribution in [0, 0.1) is 0 Å². The zero-order valence-electron chi connectivity index (χ0n) is 39.3. The summed E-state index contributed by atoms with van der Waals surface area (Å²) < 4.78 is 36.6. The van der Waals surface area contributed by atoms with Gasteiger partial charge in [0.25, 0.3) is 5.89 Å². The maximum atomic E-state index is 12.6. The van der Waals surface area contributed by atoms with Gasteiger partial charge < -0.3 is 20.2 Å². The lowest BCUT2D eigenvalue weighted by molar-refractivity contribution is 0.190. The van der Waals surface area contributed by atoms with Crippen LogP contribution in [0.4, 0.5) is 5.82 Å². The lowest BCUT2D eigenvalue weighted by Gasteiger charge is -2.54. The highest BCUT2D eigenvalue weighted by atomic mass is 33.5. The second-order valence-corrected chi connectivity index (χ2v) is 157. The molecule has 2 aromatic carbocycles. The number of anilines is 1. The van der Waals surface area contributed by atoms with Crippen molar-refractivity contribution in [2.24, 2.45) is 0 Å². The van der Waals surface area contributed by atoms with E-state index in [0.717, 1.165) is 45.3 Å². The van der Waals surface area contributed by atoms with Crippen LogP contribution < -0.4 is 11.1 Å².